The Morgan fingerprint density at radius 1 is 1.00 bits per heavy atom. The largest absolute Gasteiger partial charge is 0.325 e. The third-order valence-corrected chi connectivity index (χ3v) is 5.18. The minimum Gasteiger partial charge on any atom is -0.325 e. The number of amides is 1. The molecule has 0 aliphatic heterocycles. The summed E-state index contributed by atoms with van der Waals surface area (Å²) in [5.74, 6) is -0.206. The molecule has 5 nitrogen and oxygen atoms in total. The fourth-order valence-electron chi connectivity index (χ4n) is 2.40. The first kappa shape index (κ1) is 19.1. The Labute approximate surface area is 149 Å². The number of carbonyl (C=O) groups excluding carboxylic acids is 1. The molecule has 0 aliphatic carbocycles. The van der Waals surface area contributed by atoms with Gasteiger partial charge < -0.3 is 5.32 Å². The molecule has 2 N–H and O–H groups in total. The molecule has 0 bridgehead atoms. The first-order valence-electron chi connectivity index (χ1n) is 8.23. The van der Waals surface area contributed by atoms with Crippen LogP contribution in [0.15, 0.2) is 59.5 Å². The summed E-state index contributed by atoms with van der Waals surface area (Å²) < 4.78 is 27.7. The van der Waals surface area contributed by atoms with Crippen LogP contribution in [0.5, 0.6) is 0 Å². The lowest BCUT2D eigenvalue weighted by molar-refractivity contribution is -0.118. The number of aryl methyl sites for hydroxylation is 1. The molecular formula is C19H24N2O3S. The van der Waals surface area contributed by atoms with Gasteiger partial charge in [-0.2, -0.15) is 4.72 Å². The molecule has 6 heteroatoms. The van der Waals surface area contributed by atoms with Crippen molar-refractivity contribution >= 4 is 21.6 Å². The van der Waals surface area contributed by atoms with Crippen molar-refractivity contribution in [2.24, 2.45) is 5.92 Å². The van der Waals surface area contributed by atoms with E-state index in [1.165, 1.54) is 0 Å². The normalized spacial score (nSPS) is 12.8. The number of para-hydroxylation sites is 1. The quantitative estimate of drug-likeness (QED) is 0.795. The SMILES string of the molecule is Cc1ccc(S(=O)(=O)N[C@H](CC(C)C)C(=O)Nc2ccccc2)cc1. The molecular weight excluding hydrogens is 336 g/mol. The van der Waals surface area contributed by atoms with E-state index in [1.54, 1.807) is 36.4 Å². The fourth-order valence-corrected chi connectivity index (χ4v) is 3.61. The molecule has 134 valence electrons. The van der Waals surface area contributed by atoms with E-state index in [0.29, 0.717) is 12.1 Å². The van der Waals surface area contributed by atoms with Gasteiger partial charge in [-0.1, -0.05) is 49.7 Å². The molecule has 0 saturated carbocycles. The smallest absolute Gasteiger partial charge is 0.242 e. The minimum atomic E-state index is -3.77. The average Bonchev–Trinajstić information content (AvgIpc) is 2.55. The van der Waals surface area contributed by atoms with Crippen LogP contribution in [0.3, 0.4) is 0 Å². The molecule has 25 heavy (non-hydrogen) atoms. The van der Waals surface area contributed by atoms with Crippen molar-refractivity contribution in [3.05, 3.63) is 60.2 Å². The lowest BCUT2D eigenvalue weighted by Gasteiger charge is -2.20. The summed E-state index contributed by atoms with van der Waals surface area (Å²) >= 11 is 0. The van der Waals surface area contributed by atoms with Crippen LogP contribution < -0.4 is 10.0 Å². The maximum absolute atomic E-state index is 12.6. The number of benzene rings is 2. The standard InChI is InChI=1S/C19H24N2O3S/c1-14(2)13-18(19(22)20-16-7-5-4-6-8-16)21-25(23,24)17-11-9-15(3)10-12-17/h4-12,14,18,21H,13H2,1-3H3,(H,20,22)/t18-/m1/s1. The van der Waals surface area contributed by atoms with Crippen molar-refractivity contribution in [1.82, 2.24) is 4.72 Å². The average molecular weight is 360 g/mol. The number of anilines is 1. The molecule has 2 rings (SSSR count). The summed E-state index contributed by atoms with van der Waals surface area (Å²) in [5.41, 5.74) is 1.61. The van der Waals surface area contributed by atoms with E-state index in [1.807, 2.05) is 39.0 Å². The second-order valence-corrected chi connectivity index (χ2v) is 8.19. The molecule has 0 spiro atoms. The van der Waals surface area contributed by atoms with Gasteiger partial charge in [-0.05, 0) is 43.5 Å². The van der Waals surface area contributed by atoms with Crippen LogP contribution in [0.1, 0.15) is 25.8 Å². The number of hydrogen-bond acceptors (Lipinski definition) is 3. The highest BCUT2D eigenvalue weighted by Gasteiger charge is 2.26. The minimum absolute atomic E-state index is 0.152. The summed E-state index contributed by atoms with van der Waals surface area (Å²) in [6.07, 6.45) is 0.407. The summed E-state index contributed by atoms with van der Waals surface area (Å²) in [6, 6.07) is 14.7. The maximum Gasteiger partial charge on any atom is 0.242 e. The van der Waals surface area contributed by atoms with Crippen molar-refractivity contribution in [3.8, 4) is 0 Å². The van der Waals surface area contributed by atoms with Crippen LogP contribution >= 0.6 is 0 Å². The van der Waals surface area contributed by atoms with Gasteiger partial charge in [0.15, 0.2) is 0 Å². The molecule has 2 aromatic carbocycles. The van der Waals surface area contributed by atoms with Crippen LogP contribution in [0.2, 0.25) is 0 Å². The highest BCUT2D eigenvalue weighted by Crippen LogP contribution is 2.15. The first-order valence-corrected chi connectivity index (χ1v) is 9.71. The number of nitrogens with one attached hydrogen (secondary N) is 2. The fraction of sp³-hybridized carbons (Fsp3) is 0.316. The molecule has 0 saturated heterocycles. The molecule has 0 aromatic heterocycles. The van der Waals surface area contributed by atoms with E-state index in [4.69, 9.17) is 0 Å². The van der Waals surface area contributed by atoms with Crippen molar-refractivity contribution in [2.75, 3.05) is 5.32 Å². The zero-order valence-electron chi connectivity index (χ0n) is 14.7. The second-order valence-electron chi connectivity index (χ2n) is 6.47. The van der Waals surface area contributed by atoms with Gasteiger partial charge in [0.1, 0.15) is 6.04 Å². The van der Waals surface area contributed by atoms with Crippen molar-refractivity contribution in [1.29, 1.82) is 0 Å². The van der Waals surface area contributed by atoms with E-state index in [-0.39, 0.29) is 16.7 Å². The zero-order chi connectivity index (χ0) is 18.4. The van der Waals surface area contributed by atoms with E-state index in [9.17, 15) is 13.2 Å². The molecule has 0 fully saturated rings. The summed E-state index contributed by atoms with van der Waals surface area (Å²) in [5, 5.41) is 2.76. The number of hydrogen-bond donors (Lipinski definition) is 2. The van der Waals surface area contributed by atoms with Gasteiger partial charge in [0.25, 0.3) is 0 Å². The first-order chi connectivity index (χ1) is 11.8. The molecule has 0 heterocycles. The van der Waals surface area contributed by atoms with Gasteiger partial charge >= 0.3 is 0 Å². The Morgan fingerprint density at radius 2 is 1.60 bits per heavy atom. The van der Waals surface area contributed by atoms with Gasteiger partial charge in [-0.3, -0.25) is 4.79 Å². The van der Waals surface area contributed by atoms with Gasteiger partial charge in [-0.25, -0.2) is 8.42 Å². The molecule has 2 aromatic rings. The van der Waals surface area contributed by atoms with Crippen molar-refractivity contribution < 1.29 is 13.2 Å². The Morgan fingerprint density at radius 3 is 2.16 bits per heavy atom. The van der Waals surface area contributed by atoms with Crippen LogP contribution in [-0.2, 0) is 14.8 Å². The zero-order valence-corrected chi connectivity index (χ0v) is 15.5. The summed E-state index contributed by atoms with van der Waals surface area (Å²) in [6.45, 7) is 5.78. The maximum atomic E-state index is 12.6. The summed E-state index contributed by atoms with van der Waals surface area (Å²) in [7, 11) is -3.77. The van der Waals surface area contributed by atoms with E-state index in [0.717, 1.165) is 5.56 Å². The Kier molecular flexibility index (Phi) is 6.33. The molecule has 0 unspecified atom stereocenters. The highest BCUT2D eigenvalue weighted by molar-refractivity contribution is 7.89. The van der Waals surface area contributed by atoms with Crippen LogP contribution in [-0.4, -0.2) is 20.4 Å². The van der Waals surface area contributed by atoms with Gasteiger partial charge in [0.2, 0.25) is 15.9 Å². The molecule has 1 amide bonds. The van der Waals surface area contributed by atoms with Crippen LogP contribution in [0.4, 0.5) is 5.69 Å². The molecule has 0 radical (unpaired) electrons. The lowest BCUT2D eigenvalue weighted by Crippen LogP contribution is -2.44. The third-order valence-electron chi connectivity index (χ3n) is 3.69. The van der Waals surface area contributed by atoms with E-state index in [2.05, 4.69) is 10.0 Å². The molecule has 0 aliphatic rings. The Balaban J connectivity index is 2.19. The third kappa shape index (κ3) is 5.69. The second kappa shape index (κ2) is 8.27. The topological polar surface area (TPSA) is 75.3 Å². The van der Waals surface area contributed by atoms with Crippen LogP contribution in [0, 0.1) is 12.8 Å². The number of rotatable bonds is 7. The van der Waals surface area contributed by atoms with Crippen molar-refractivity contribution in [2.45, 2.75) is 38.1 Å². The highest BCUT2D eigenvalue weighted by atomic mass is 32.2. The van der Waals surface area contributed by atoms with Crippen LogP contribution in [0.25, 0.3) is 0 Å². The van der Waals surface area contributed by atoms with Gasteiger partial charge in [0, 0.05) is 5.69 Å². The van der Waals surface area contributed by atoms with E-state index >= 15 is 0 Å². The number of sulfonamides is 1. The van der Waals surface area contributed by atoms with Gasteiger partial charge in [0.05, 0.1) is 4.90 Å². The summed E-state index contributed by atoms with van der Waals surface area (Å²) in [4.78, 5) is 12.7. The Bertz CT molecular complexity index is 800. The molecule has 1 atom stereocenters. The Hall–Kier alpha value is -2.18. The van der Waals surface area contributed by atoms with Gasteiger partial charge in [-0.15, -0.1) is 0 Å². The monoisotopic (exact) mass is 360 g/mol. The van der Waals surface area contributed by atoms with E-state index < -0.39 is 16.1 Å². The predicted molar refractivity (Wildman–Crippen MR) is 99.8 cm³/mol. The predicted octanol–water partition coefficient (Wildman–Crippen LogP) is 3.33. The lowest BCUT2D eigenvalue weighted by atomic mass is 10.0. The number of carbonyl (C=O) groups is 1. The van der Waals surface area contributed by atoms with Crippen molar-refractivity contribution in [3.63, 3.8) is 0 Å².